The lowest BCUT2D eigenvalue weighted by Crippen LogP contribution is -2.56. The fourth-order valence-corrected chi connectivity index (χ4v) is 4.93. The fourth-order valence-electron chi connectivity index (χ4n) is 4.62. The summed E-state index contributed by atoms with van der Waals surface area (Å²) in [5, 5.41) is 5.76. The van der Waals surface area contributed by atoms with E-state index in [2.05, 4.69) is 10.6 Å². The first-order valence-corrected chi connectivity index (χ1v) is 12.5. The van der Waals surface area contributed by atoms with E-state index in [1.165, 1.54) is 6.08 Å². The Kier molecular flexibility index (Phi) is 7.85. The predicted octanol–water partition coefficient (Wildman–Crippen LogP) is 1.66. The lowest BCUT2D eigenvalue weighted by molar-refractivity contribution is -0.137. The highest BCUT2D eigenvalue weighted by atomic mass is 35.5. The molecule has 0 atom stereocenters. The summed E-state index contributed by atoms with van der Waals surface area (Å²) in [7, 11) is 0. The van der Waals surface area contributed by atoms with Gasteiger partial charge in [0.15, 0.2) is 0 Å². The Morgan fingerprint density at radius 1 is 0.972 bits per heavy atom. The topological polar surface area (TPSA) is 119 Å². The number of nitrogens with one attached hydrogen (secondary N) is 2. The SMILES string of the molecule is O=C1NC(=O)C2(CCN(C(=O)CCN3CCN(C(=O)C=Cc4ccc(Cl)c(Cl)c4)CCC3=O)CC2)N1. The van der Waals surface area contributed by atoms with Crippen LogP contribution in [0.2, 0.25) is 10.0 Å². The maximum atomic E-state index is 12.7. The third-order valence-electron chi connectivity index (χ3n) is 6.84. The molecule has 1 aromatic carbocycles. The van der Waals surface area contributed by atoms with Gasteiger partial charge in [0.1, 0.15) is 5.54 Å². The number of likely N-dealkylation sites (tertiary alicyclic amines) is 1. The number of amides is 6. The number of benzene rings is 1. The second kappa shape index (κ2) is 10.9. The van der Waals surface area contributed by atoms with Crippen LogP contribution in [0, 0.1) is 0 Å². The van der Waals surface area contributed by atoms with Crippen molar-refractivity contribution in [3.05, 3.63) is 39.9 Å². The van der Waals surface area contributed by atoms with Crippen LogP contribution in [-0.4, -0.2) is 89.2 Å². The van der Waals surface area contributed by atoms with Gasteiger partial charge in [-0.25, -0.2) is 4.79 Å². The van der Waals surface area contributed by atoms with E-state index in [1.807, 2.05) is 0 Å². The molecule has 0 bridgehead atoms. The average molecular weight is 536 g/mol. The van der Waals surface area contributed by atoms with Crippen molar-refractivity contribution in [2.24, 2.45) is 0 Å². The van der Waals surface area contributed by atoms with Crippen molar-refractivity contribution in [2.75, 3.05) is 39.3 Å². The highest BCUT2D eigenvalue weighted by molar-refractivity contribution is 6.42. The van der Waals surface area contributed by atoms with Gasteiger partial charge in [-0.3, -0.25) is 24.5 Å². The molecule has 0 unspecified atom stereocenters. The number of rotatable bonds is 5. The van der Waals surface area contributed by atoms with Crippen LogP contribution in [0.5, 0.6) is 0 Å². The van der Waals surface area contributed by atoms with E-state index in [-0.39, 0.29) is 43.0 Å². The Balaban J connectivity index is 1.24. The Morgan fingerprint density at radius 2 is 1.72 bits per heavy atom. The van der Waals surface area contributed by atoms with Crippen molar-refractivity contribution in [2.45, 2.75) is 31.2 Å². The fraction of sp³-hybridized carbons (Fsp3) is 0.458. The molecule has 1 spiro atoms. The van der Waals surface area contributed by atoms with Crippen LogP contribution in [-0.2, 0) is 19.2 Å². The van der Waals surface area contributed by atoms with Crippen molar-refractivity contribution in [1.82, 2.24) is 25.3 Å². The molecule has 192 valence electrons. The summed E-state index contributed by atoms with van der Waals surface area (Å²) in [6.45, 7) is 1.98. The summed E-state index contributed by atoms with van der Waals surface area (Å²) in [5.74, 6) is -0.767. The van der Waals surface area contributed by atoms with Gasteiger partial charge in [-0.05, 0) is 36.6 Å². The molecule has 1 aromatic rings. The molecule has 0 aromatic heterocycles. The van der Waals surface area contributed by atoms with Crippen LogP contribution < -0.4 is 10.6 Å². The number of carbonyl (C=O) groups is 5. The van der Waals surface area contributed by atoms with Gasteiger partial charge in [-0.1, -0.05) is 29.3 Å². The smallest absolute Gasteiger partial charge is 0.322 e. The molecular formula is C24H27Cl2N5O5. The molecule has 0 aliphatic carbocycles. The van der Waals surface area contributed by atoms with E-state index in [1.54, 1.807) is 39.0 Å². The quantitative estimate of drug-likeness (QED) is 0.439. The lowest BCUT2D eigenvalue weighted by atomic mass is 9.87. The number of halogens is 2. The predicted molar refractivity (Wildman–Crippen MR) is 133 cm³/mol. The number of piperidine rings is 1. The van der Waals surface area contributed by atoms with Crippen molar-refractivity contribution in [3.63, 3.8) is 0 Å². The van der Waals surface area contributed by atoms with Crippen molar-refractivity contribution < 1.29 is 24.0 Å². The number of nitrogens with zero attached hydrogens (tertiary/aromatic N) is 3. The van der Waals surface area contributed by atoms with Gasteiger partial charge in [0.25, 0.3) is 5.91 Å². The number of imide groups is 1. The lowest BCUT2D eigenvalue weighted by Gasteiger charge is -2.37. The maximum absolute atomic E-state index is 12.7. The van der Waals surface area contributed by atoms with Crippen molar-refractivity contribution in [3.8, 4) is 0 Å². The summed E-state index contributed by atoms with van der Waals surface area (Å²) in [4.78, 5) is 66.4. The van der Waals surface area contributed by atoms with E-state index in [4.69, 9.17) is 23.2 Å². The van der Waals surface area contributed by atoms with Crippen LogP contribution in [0.3, 0.4) is 0 Å². The van der Waals surface area contributed by atoms with Gasteiger partial charge in [-0.15, -0.1) is 0 Å². The van der Waals surface area contributed by atoms with Gasteiger partial charge in [0.2, 0.25) is 17.7 Å². The zero-order valence-corrected chi connectivity index (χ0v) is 21.1. The zero-order chi connectivity index (χ0) is 25.9. The van der Waals surface area contributed by atoms with E-state index < -0.39 is 11.6 Å². The number of carbonyl (C=O) groups excluding carboxylic acids is 5. The van der Waals surface area contributed by atoms with E-state index in [0.29, 0.717) is 55.6 Å². The number of hydrogen-bond acceptors (Lipinski definition) is 5. The second-order valence-corrected chi connectivity index (χ2v) is 9.90. The Bertz CT molecular complexity index is 1120. The molecule has 3 fully saturated rings. The molecule has 3 aliphatic rings. The number of hydrogen-bond donors (Lipinski definition) is 2. The molecule has 4 rings (SSSR count). The van der Waals surface area contributed by atoms with Gasteiger partial charge in [-0.2, -0.15) is 0 Å². The molecule has 3 heterocycles. The molecule has 12 heteroatoms. The maximum Gasteiger partial charge on any atom is 0.322 e. The van der Waals surface area contributed by atoms with E-state index in [9.17, 15) is 24.0 Å². The minimum Gasteiger partial charge on any atom is -0.342 e. The Hall–Kier alpha value is -3.11. The molecule has 6 amide bonds. The largest absolute Gasteiger partial charge is 0.342 e. The first-order chi connectivity index (χ1) is 17.2. The molecular weight excluding hydrogens is 509 g/mol. The summed E-state index contributed by atoms with van der Waals surface area (Å²) < 4.78 is 0. The normalized spacial score (nSPS) is 20.1. The van der Waals surface area contributed by atoms with Gasteiger partial charge in [0, 0.05) is 58.2 Å². The first-order valence-electron chi connectivity index (χ1n) is 11.8. The first kappa shape index (κ1) is 26.0. The molecule has 0 saturated carbocycles. The summed E-state index contributed by atoms with van der Waals surface area (Å²) in [6.07, 6.45) is 4.14. The third kappa shape index (κ3) is 5.82. The molecule has 3 aliphatic heterocycles. The molecule has 3 saturated heterocycles. The highest BCUT2D eigenvalue weighted by Crippen LogP contribution is 2.26. The molecule has 2 N–H and O–H groups in total. The second-order valence-electron chi connectivity index (χ2n) is 9.08. The van der Waals surface area contributed by atoms with E-state index in [0.717, 1.165) is 5.56 Å². The van der Waals surface area contributed by atoms with Gasteiger partial charge < -0.3 is 20.0 Å². The Labute approximate surface area is 218 Å². The Morgan fingerprint density at radius 3 is 2.39 bits per heavy atom. The van der Waals surface area contributed by atoms with Crippen molar-refractivity contribution in [1.29, 1.82) is 0 Å². The zero-order valence-electron chi connectivity index (χ0n) is 19.6. The van der Waals surface area contributed by atoms with Gasteiger partial charge in [0.05, 0.1) is 10.0 Å². The highest BCUT2D eigenvalue weighted by Gasteiger charge is 2.48. The minimum atomic E-state index is -0.932. The summed E-state index contributed by atoms with van der Waals surface area (Å²) in [5.41, 5.74) is -0.192. The molecule has 0 radical (unpaired) electrons. The minimum absolute atomic E-state index is 0.102. The van der Waals surface area contributed by atoms with Crippen LogP contribution in [0.1, 0.15) is 31.2 Å². The molecule has 36 heavy (non-hydrogen) atoms. The summed E-state index contributed by atoms with van der Waals surface area (Å²) >= 11 is 11.9. The monoisotopic (exact) mass is 535 g/mol. The molecule has 10 nitrogen and oxygen atoms in total. The summed E-state index contributed by atoms with van der Waals surface area (Å²) in [6, 6.07) is 4.57. The number of urea groups is 1. The van der Waals surface area contributed by atoms with Gasteiger partial charge >= 0.3 is 6.03 Å². The average Bonchev–Trinajstić information content (AvgIpc) is 3.00. The van der Waals surface area contributed by atoms with Crippen LogP contribution in [0.25, 0.3) is 6.08 Å². The van der Waals surface area contributed by atoms with Crippen LogP contribution >= 0.6 is 23.2 Å². The van der Waals surface area contributed by atoms with E-state index >= 15 is 0 Å². The third-order valence-corrected chi connectivity index (χ3v) is 7.58. The standard InChI is InChI=1S/C24H27Cl2N5O5/c25-17-3-1-16(15-18(17)26)2-4-19(32)29-9-5-20(33)30(14-13-29)10-6-21(34)31-11-7-24(8-12-31)22(35)27-23(36)28-24/h1-4,15H,5-14H2,(H2,27,28,35,36). The van der Waals surface area contributed by atoms with Crippen LogP contribution in [0.15, 0.2) is 24.3 Å². The van der Waals surface area contributed by atoms with Crippen molar-refractivity contribution >= 4 is 58.9 Å². The van der Waals surface area contributed by atoms with Crippen LogP contribution in [0.4, 0.5) is 4.79 Å².